The van der Waals surface area contributed by atoms with E-state index in [-0.39, 0.29) is 23.4 Å². The molecule has 5 N–H and O–H groups in total. The molecule has 0 saturated carbocycles. The van der Waals surface area contributed by atoms with Gasteiger partial charge in [0.1, 0.15) is 0 Å². The number of nitrogens with two attached hydrogens (primary N) is 1. The minimum Gasteiger partial charge on any atom is -0.504 e. The van der Waals surface area contributed by atoms with Gasteiger partial charge < -0.3 is 21.3 Å². The van der Waals surface area contributed by atoms with Crippen LogP contribution in [0.25, 0.3) is 0 Å². The van der Waals surface area contributed by atoms with E-state index in [1.54, 1.807) is 13.0 Å². The number of rotatable bonds is 5. The Kier molecular flexibility index (Phi) is 5.18. The second kappa shape index (κ2) is 6.43. The van der Waals surface area contributed by atoms with E-state index in [2.05, 4.69) is 5.32 Å². The number of amides is 1. The number of carbonyl (C=O) groups excluding carboxylic acids is 1. The molecule has 0 heterocycles. The summed E-state index contributed by atoms with van der Waals surface area (Å²) in [5.74, 6) is -0.244. The fourth-order valence-electron chi connectivity index (χ4n) is 1.83. The van der Waals surface area contributed by atoms with Crippen molar-refractivity contribution in [1.82, 2.24) is 5.32 Å². The zero-order valence-corrected chi connectivity index (χ0v) is 11.6. The van der Waals surface area contributed by atoms with Gasteiger partial charge in [0.2, 0.25) is 5.91 Å². The van der Waals surface area contributed by atoms with Crippen LogP contribution in [0.5, 0.6) is 11.5 Å². The van der Waals surface area contributed by atoms with Crippen molar-refractivity contribution >= 4 is 5.91 Å². The maximum atomic E-state index is 11.9. The molecule has 5 nitrogen and oxygen atoms in total. The molecule has 5 heteroatoms. The van der Waals surface area contributed by atoms with Crippen molar-refractivity contribution in [2.75, 3.05) is 0 Å². The normalized spacial score (nSPS) is 14.2. The number of phenolic OH excluding ortho intramolecular Hbond substituents is 2. The number of nitrogens with one attached hydrogen (secondary N) is 1. The lowest BCUT2D eigenvalue weighted by Crippen LogP contribution is -2.42. The Labute approximate surface area is 113 Å². The standard InChI is InChI=1S/C14H22N2O3/c1-8(2)6-11(15)14(19)16-9(3)10-4-5-12(17)13(18)7-10/h4-5,7-9,11,17-18H,6,15H2,1-3H3,(H,16,19). The first-order valence-corrected chi connectivity index (χ1v) is 6.39. The molecule has 19 heavy (non-hydrogen) atoms. The van der Waals surface area contributed by atoms with Crippen molar-refractivity contribution in [3.8, 4) is 11.5 Å². The van der Waals surface area contributed by atoms with E-state index in [4.69, 9.17) is 5.73 Å². The molecule has 106 valence electrons. The monoisotopic (exact) mass is 266 g/mol. The van der Waals surface area contributed by atoms with Crippen molar-refractivity contribution in [1.29, 1.82) is 0 Å². The van der Waals surface area contributed by atoms with Gasteiger partial charge in [-0.1, -0.05) is 19.9 Å². The third kappa shape index (κ3) is 4.44. The Morgan fingerprint density at radius 3 is 2.42 bits per heavy atom. The predicted octanol–water partition coefficient (Wildman–Crippen LogP) is 1.65. The summed E-state index contributed by atoms with van der Waals surface area (Å²) < 4.78 is 0. The maximum Gasteiger partial charge on any atom is 0.237 e. The average molecular weight is 266 g/mol. The van der Waals surface area contributed by atoms with Gasteiger partial charge in [0.15, 0.2) is 11.5 Å². The molecule has 1 amide bonds. The smallest absolute Gasteiger partial charge is 0.237 e. The van der Waals surface area contributed by atoms with Crippen LogP contribution in [-0.2, 0) is 4.79 Å². The van der Waals surface area contributed by atoms with Gasteiger partial charge in [0.25, 0.3) is 0 Å². The topological polar surface area (TPSA) is 95.6 Å². The third-order valence-corrected chi connectivity index (χ3v) is 2.92. The van der Waals surface area contributed by atoms with Crippen LogP contribution < -0.4 is 11.1 Å². The van der Waals surface area contributed by atoms with E-state index >= 15 is 0 Å². The van der Waals surface area contributed by atoms with Crippen molar-refractivity contribution in [2.45, 2.75) is 39.3 Å². The first kappa shape index (κ1) is 15.3. The zero-order chi connectivity index (χ0) is 14.6. The van der Waals surface area contributed by atoms with Crippen LogP contribution in [0, 0.1) is 5.92 Å². The first-order valence-electron chi connectivity index (χ1n) is 6.39. The molecule has 0 bridgehead atoms. The van der Waals surface area contributed by atoms with Crippen molar-refractivity contribution in [2.24, 2.45) is 11.7 Å². The molecule has 0 aliphatic rings. The van der Waals surface area contributed by atoms with Gasteiger partial charge in [-0.3, -0.25) is 4.79 Å². The van der Waals surface area contributed by atoms with Crippen LogP contribution in [0.4, 0.5) is 0 Å². The quantitative estimate of drug-likeness (QED) is 0.609. The molecule has 0 spiro atoms. The van der Waals surface area contributed by atoms with Crippen LogP contribution in [-0.4, -0.2) is 22.2 Å². The fraction of sp³-hybridized carbons (Fsp3) is 0.500. The summed E-state index contributed by atoms with van der Waals surface area (Å²) in [6.07, 6.45) is 0.624. The Morgan fingerprint density at radius 2 is 1.89 bits per heavy atom. The number of carbonyl (C=O) groups is 1. The van der Waals surface area contributed by atoms with Crippen molar-refractivity contribution < 1.29 is 15.0 Å². The van der Waals surface area contributed by atoms with Gasteiger partial charge in [-0.05, 0) is 37.0 Å². The molecule has 1 aromatic rings. The fourth-order valence-corrected chi connectivity index (χ4v) is 1.83. The molecule has 0 fully saturated rings. The summed E-state index contributed by atoms with van der Waals surface area (Å²) in [7, 11) is 0. The molecule has 1 rings (SSSR count). The summed E-state index contributed by atoms with van der Waals surface area (Å²) in [5.41, 5.74) is 6.51. The summed E-state index contributed by atoms with van der Waals surface area (Å²) in [4.78, 5) is 11.9. The number of hydrogen-bond acceptors (Lipinski definition) is 4. The Morgan fingerprint density at radius 1 is 1.26 bits per heavy atom. The van der Waals surface area contributed by atoms with E-state index in [0.717, 1.165) is 0 Å². The molecular formula is C14H22N2O3. The molecule has 2 unspecified atom stereocenters. The van der Waals surface area contributed by atoms with Crippen LogP contribution in [0.2, 0.25) is 0 Å². The van der Waals surface area contributed by atoms with Crippen LogP contribution in [0.3, 0.4) is 0 Å². The molecule has 0 aliphatic heterocycles. The Hall–Kier alpha value is -1.75. The zero-order valence-electron chi connectivity index (χ0n) is 11.6. The summed E-state index contributed by atoms with van der Waals surface area (Å²) in [6.45, 7) is 5.81. The lowest BCUT2D eigenvalue weighted by atomic mass is 10.0. The number of aromatic hydroxyl groups is 2. The second-order valence-corrected chi connectivity index (χ2v) is 5.21. The average Bonchev–Trinajstić information content (AvgIpc) is 2.31. The summed E-state index contributed by atoms with van der Waals surface area (Å²) >= 11 is 0. The van der Waals surface area contributed by atoms with E-state index in [9.17, 15) is 15.0 Å². The molecule has 2 atom stereocenters. The van der Waals surface area contributed by atoms with Crippen molar-refractivity contribution in [3.05, 3.63) is 23.8 Å². The SMILES string of the molecule is CC(C)CC(N)C(=O)NC(C)c1ccc(O)c(O)c1. The molecular weight excluding hydrogens is 244 g/mol. The number of phenols is 2. The van der Waals surface area contributed by atoms with E-state index < -0.39 is 6.04 Å². The highest BCUT2D eigenvalue weighted by atomic mass is 16.3. The Bertz CT molecular complexity index is 446. The van der Waals surface area contributed by atoms with Gasteiger partial charge in [0, 0.05) is 0 Å². The summed E-state index contributed by atoms with van der Waals surface area (Å²) in [5, 5.41) is 21.5. The van der Waals surface area contributed by atoms with Gasteiger partial charge in [0.05, 0.1) is 12.1 Å². The van der Waals surface area contributed by atoms with Crippen LogP contribution in [0.15, 0.2) is 18.2 Å². The molecule has 0 saturated heterocycles. The molecule has 1 aromatic carbocycles. The summed E-state index contributed by atoms with van der Waals surface area (Å²) in [6, 6.07) is 3.65. The van der Waals surface area contributed by atoms with Gasteiger partial charge >= 0.3 is 0 Å². The number of benzene rings is 1. The first-order chi connectivity index (χ1) is 8.81. The predicted molar refractivity (Wildman–Crippen MR) is 73.8 cm³/mol. The van der Waals surface area contributed by atoms with E-state index in [1.807, 2.05) is 13.8 Å². The highest BCUT2D eigenvalue weighted by Gasteiger charge is 2.18. The lowest BCUT2D eigenvalue weighted by Gasteiger charge is -2.19. The van der Waals surface area contributed by atoms with Crippen LogP contribution in [0.1, 0.15) is 38.8 Å². The van der Waals surface area contributed by atoms with E-state index in [1.165, 1.54) is 12.1 Å². The van der Waals surface area contributed by atoms with Crippen molar-refractivity contribution in [3.63, 3.8) is 0 Å². The maximum absolute atomic E-state index is 11.9. The van der Waals surface area contributed by atoms with E-state index in [0.29, 0.717) is 17.9 Å². The molecule has 0 aliphatic carbocycles. The minimum atomic E-state index is -0.534. The molecule has 0 radical (unpaired) electrons. The highest BCUT2D eigenvalue weighted by Crippen LogP contribution is 2.27. The Balaban J connectivity index is 2.66. The second-order valence-electron chi connectivity index (χ2n) is 5.21. The largest absolute Gasteiger partial charge is 0.504 e. The van der Waals surface area contributed by atoms with Crippen LogP contribution >= 0.6 is 0 Å². The molecule has 0 aromatic heterocycles. The number of hydrogen-bond donors (Lipinski definition) is 4. The highest BCUT2D eigenvalue weighted by molar-refractivity contribution is 5.81. The van der Waals surface area contributed by atoms with Gasteiger partial charge in [-0.2, -0.15) is 0 Å². The third-order valence-electron chi connectivity index (χ3n) is 2.92. The van der Waals surface area contributed by atoms with Gasteiger partial charge in [-0.15, -0.1) is 0 Å². The van der Waals surface area contributed by atoms with Gasteiger partial charge in [-0.25, -0.2) is 0 Å². The lowest BCUT2D eigenvalue weighted by molar-refractivity contribution is -0.123. The minimum absolute atomic E-state index is 0.182.